The molecular weight excluding hydrogens is 360 g/mol. The highest BCUT2D eigenvalue weighted by molar-refractivity contribution is 4.81. The summed E-state index contributed by atoms with van der Waals surface area (Å²) in [6.07, 6.45) is 27.3. The maximum Gasteiger partial charge on any atom is -0.0388 e. The second-order valence-corrected chi connectivity index (χ2v) is 12.5. The Morgan fingerprint density at radius 1 is 0.367 bits per heavy atom. The van der Waals surface area contributed by atoms with Crippen LogP contribution in [-0.2, 0) is 0 Å². The molecule has 4 unspecified atom stereocenters. The SMILES string of the molecule is CC(CCC(C)C1CCC(C(C)CCC(C)C2CCCCC2)CC1)C1CCCCC1. The fraction of sp³-hybridized carbons (Fsp3) is 1.00. The third-order valence-corrected chi connectivity index (χ3v) is 10.5. The van der Waals surface area contributed by atoms with E-state index in [1.54, 1.807) is 0 Å². The Hall–Kier alpha value is 0. The van der Waals surface area contributed by atoms with Gasteiger partial charge in [-0.15, -0.1) is 0 Å². The molecule has 3 fully saturated rings. The Bertz CT molecular complexity index is 391. The molecule has 0 radical (unpaired) electrons. The molecule has 0 saturated heterocycles. The zero-order valence-corrected chi connectivity index (χ0v) is 21.3. The van der Waals surface area contributed by atoms with Crippen molar-refractivity contribution in [2.45, 2.75) is 143 Å². The molecule has 3 aliphatic rings. The molecule has 30 heavy (non-hydrogen) atoms. The van der Waals surface area contributed by atoms with E-state index in [1.165, 1.54) is 116 Å². The largest absolute Gasteiger partial charge is 0.0622 e. The van der Waals surface area contributed by atoms with Crippen LogP contribution in [0.2, 0.25) is 0 Å². The van der Waals surface area contributed by atoms with Crippen molar-refractivity contribution in [1.82, 2.24) is 0 Å². The summed E-state index contributed by atoms with van der Waals surface area (Å²) in [6.45, 7) is 10.3. The van der Waals surface area contributed by atoms with E-state index in [4.69, 9.17) is 0 Å². The average molecular weight is 417 g/mol. The van der Waals surface area contributed by atoms with Gasteiger partial charge in [-0.05, 0) is 73.0 Å². The normalized spacial score (nSPS) is 31.2. The molecule has 3 aliphatic carbocycles. The third kappa shape index (κ3) is 7.55. The Morgan fingerprint density at radius 2 is 0.600 bits per heavy atom. The molecule has 0 N–H and O–H groups in total. The topological polar surface area (TPSA) is 0 Å². The molecule has 4 atom stereocenters. The fourth-order valence-corrected chi connectivity index (χ4v) is 7.68. The van der Waals surface area contributed by atoms with E-state index in [2.05, 4.69) is 27.7 Å². The van der Waals surface area contributed by atoms with Gasteiger partial charge < -0.3 is 0 Å². The van der Waals surface area contributed by atoms with Crippen molar-refractivity contribution < 1.29 is 0 Å². The quantitative estimate of drug-likeness (QED) is 0.332. The van der Waals surface area contributed by atoms with Crippen LogP contribution in [0.1, 0.15) is 143 Å². The van der Waals surface area contributed by atoms with Crippen molar-refractivity contribution in [2.24, 2.45) is 47.3 Å². The Morgan fingerprint density at radius 3 is 0.867 bits per heavy atom. The van der Waals surface area contributed by atoms with Crippen molar-refractivity contribution >= 4 is 0 Å². The van der Waals surface area contributed by atoms with Crippen LogP contribution >= 0.6 is 0 Å². The van der Waals surface area contributed by atoms with Crippen LogP contribution < -0.4 is 0 Å². The van der Waals surface area contributed by atoms with Gasteiger partial charge in [0.05, 0.1) is 0 Å². The summed E-state index contributed by atoms with van der Waals surface area (Å²) in [4.78, 5) is 0. The summed E-state index contributed by atoms with van der Waals surface area (Å²) in [6, 6.07) is 0. The first kappa shape index (κ1) is 24.6. The number of hydrogen-bond acceptors (Lipinski definition) is 0. The second-order valence-electron chi connectivity index (χ2n) is 12.5. The van der Waals surface area contributed by atoms with E-state index in [9.17, 15) is 0 Å². The highest BCUT2D eigenvalue weighted by Gasteiger charge is 2.29. The Labute approximate surface area is 190 Å². The number of hydrogen-bond donors (Lipinski definition) is 0. The molecule has 0 bridgehead atoms. The summed E-state index contributed by atoms with van der Waals surface area (Å²) in [5.74, 6) is 8.08. The van der Waals surface area contributed by atoms with Gasteiger partial charge in [0.2, 0.25) is 0 Å². The predicted octanol–water partition coefficient (Wildman–Crippen LogP) is 10.1. The summed E-state index contributed by atoms with van der Waals surface area (Å²) >= 11 is 0. The van der Waals surface area contributed by atoms with Crippen molar-refractivity contribution in [1.29, 1.82) is 0 Å². The van der Waals surface area contributed by atoms with Crippen LogP contribution in [-0.4, -0.2) is 0 Å². The Balaban J connectivity index is 1.30. The van der Waals surface area contributed by atoms with Gasteiger partial charge in [-0.3, -0.25) is 0 Å². The van der Waals surface area contributed by atoms with Crippen LogP contribution in [0.25, 0.3) is 0 Å². The smallest absolute Gasteiger partial charge is 0.0388 e. The van der Waals surface area contributed by atoms with Crippen molar-refractivity contribution in [3.05, 3.63) is 0 Å². The molecule has 3 saturated carbocycles. The fourth-order valence-electron chi connectivity index (χ4n) is 7.68. The zero-order chi connectivity index (χ0) is 21.3. The maximum atomic E-state index is 2.59. The minimum Gasteiger partial charge on any atom is -0.0622 e. The molecule has 0 aromatic carbocycles. The molecule has 0 nitrogen and oxygen atoms in total. The zero-order valence-electron chi connectivity index (χ0n) is 21.3. The summed E-state index contributed by atoms with van der Waals surface area (Å²) in [5.41, 5.74) is 0. The highest BCUT2D eigenvalue weighted by atomic mass is 14.4. The third-order valence-electron chi connectivity index (χ3n) is 10.5. The summed E-state index contributed by atoms with van der Waals surface area (Å²) in [7, 11) is 0. The van der Waals surface area contributed by atoms with Gasteiger partial charge in [-0.2, -0.15) is 0 Å². The van der Waals surface area contributed by atoms with E-state index in [1.807, 2.05) is 0 Å². The van der Waals surface area contributed by atoms with Crippen LogP contribution in [0.15, 0.2) is 0 Å². The van der Waals surface area contributed by atoms with Crippen molar-refractivity contribution in [3.8, 4) is 0 Å². The van der Waals surface area contributed by atoms with Gasteiger partial charge in [-0.1, -0.05) is 118 Å². The standard InChI is InChI=1S/C30H56/c1-23(27-11-7-5-8-12-27)15-17-25(3)29-19-21-30(22-20-29)26(4)18-16-24(2)28-13-9-6-10-14-28/h23-30H,5-22H2,1-4H3. The van der Waals surface area contributed by atoms with E-state index >= 15 is 0 Å². The lowest BCUT2D eigenvalue weighted by Crippen LogP contribution is -2.25. The minimum absolute atomic E-state index is 0.971. The molecule has 0 amide bonds. The molecule has 176 valence electrons. The van der Waals surface area contributed by atoms with Gasteiger partial charge >= 0.3 is 0 Å². The lowest BCUT2D eigenvalue weighted by molar-refractivity contribution is 0.148. The van der Waals surface area contributed by atoms with Crippen molar-refractivity contribution in [2.75, 3.05) is 0 Å². The van der Waals surface area contributed by atoms with Crippen LogP contribution in [0.3, 0.4) is 0 Å². The van der Waals surface area contributed by atoms with Crippen LogP contribution in [0.4, 0.5) is 0 Å². The molecule has 0 heterocycles. The van der Waals surface area contributed by atoms with Gasteiger partial charge in [0.1, 0.15) is 0 Å². The lowest BCUT2D eigenvalue weighted by Gasteiger charge is -2.36. The average Bonchev–Trinajstić information content (AvgIpc) is 2.81. The van der Waals surface area contributed by atoms with Crippen molar-refractivity contribution in [3.63, 3.8) is 0 Å². The Kier molecular flexibility index (Phi) is 10.6. The van der Waals surface area contributed by atoms with Crippen LogP contribution in [0, 0.1) is 47.3 Å². The van der Waals surface area contributed by atoms with E-state index < -0.39 is 0 Å². The first-order valence-corrected chi connectivity index (χ1v) is 14.5. The lowest BCUT2D eigenvalue weighted by atomic mass is 9.69. The molecule has 0 aromatic heterocycles. The molecule has 0 spiro atoms. The predicted molar refractivity (Wildman–Crippen MR) is 134 cm³/mol. The highest BCUT2D eigenvalue weighted by Crippen LogP contribution is 2.41. The summed E-state index contributed by atoms with van der Waals surface area (Å²) < 4.78 is 0. The van der Waals surface area contributed by atoms with Gasteiger partial charge in [0.15, 0.2) is 0 Å². The molecular formula is C30H56. The molecule has 0 aliphatic heterocycles. The molecule has 0 aromatic rings. The summed E-state index contributed by atoms with van der Waals surface area (Å²) in [5, 5.41) is 0. The maximum absolute atomic E-state index is 2.59. The van der Waals surface area contributed by atoms with E-state index in [-0.39, 0.29) is 0 Å². The van der Waals surface area contributed by atoms with E-state index in [0.29, 0.717) is 0 Å². The monoisotopic (exact) mass is 416 g/mol. The van der Waals surface area contributed by atoms with Crippen LogP contribution in [0.5, 0.6) is 0 Å². The first-order chi connectivity index (χ1) is 14.5. The number of rotatable bonds is 10. The minimum atomic E-state index is 0.971. The van der Waals surface area contributed by atoms with Gasteiger partial charge in [-0.25, -0.2) is 0 Å². The first-order valence-electron chi connectivity index (χ1n) is 14.5. The van der Waals surface area contributed by atoms with Gasteiger partial charge in [0, 0.05) is 0 Å². The van der Waals surface area contributed by atoms with Gasteiger partial charge in [0.25, 0.3) is 0 Å². The van der Waals surface area contributed by atoms with E-state index in [0.717, 1.165) is 47.3 Å². The molecule has 0 heteroatoms. The molecule has 3 rings (SSSR count). The second kappa shape index (κ2) is 12.9.